The van der Waals surface area contributed by atoms with E-state index in [4.69, 9.17) is 5.73 Å². The first kappa shape index (κ1) is 16.7. The number of halogens is 3. The molecule has 1 rings (SSSR count). The second-order valence-electron chi connectivity index (χ2n) is 4.89. The number of primary amides is 1. The number of hydrogen-bond acceptors (Lipinski definition) is 4. The van der Waals surface area contributed by atoms with Gasteiger partial charge in [-0.15, -0.1) is 0 Å². The van der Waals surface area contributed by atoms with Crippen molar-refractivity contribution in [2.75, 3.05) is 26.3 Å². The molecule has 6 nitrogen and oxygen atoms in total. The van der Waals surface area contributed by atoms with E-state index in [2.05, 4.69) is 4.74 Å². The third kappa shape index (κ3) is 5.74. The molecule has 1 fully saturated rings. The normalized spacial score (nSPS) is 23.7. The summed E-state index contributed by atoms with van der Waals surface area (Å²) in [7, 11) is 0. The number of rotatable bonds is 5. The zero-order valence-electron chi connectivity index (χ0n) is 10.8. The molecule has 0 aromatic carbocycles. The van der Waals surface area contributed by atoms with E-state index in [0.29, 0.717) is 19.4 Å². The number of hydrogen-bond donors (Lipinski definition) is 2. The molecule has 0 aromatic rings. The highest BCUT2D eigenvalue weighted by Crippen LogP contribution is 2.24. The lowest BCUT2D eigenvalue weighted by atomic mass is 9.89. The third-order valence-corrected chi connectivity index (χ3v) is 2.90. The number of amides is 2. The molecular formula is C11H17F3N2O4. The third-order valence-electron chi connectivity index (χ3n) is 2.90. The highest BCUT2D eigenvalue weighted by Gasteiger charge is 2.36. The van der Waals surface area contributed by atoms with Crippen LogP contribution in [-0.2, 0) is 14.3 Å². The van der Waals surface area contributed by atoms with E-state index in [9.17, 15) is 27.9 Å². The van der Waals surface area contributed by atoms with E-state index in [1.807, 2.05) is 0 Å². The monoisotopic (exact) mass is 298 g/mol. The van der Waals surface area contributed by atoms with Gasteiger partial charge in [0.15, 0.2) is 0 Å². The molecule has 1 atom stereocenters. The van der Waals surface area contributed by atoms with Crippen LogP contribution in [0.2, 0.25) is 0 Å². The van der Waals surface area contributed by atoms with Crippen LogP contribution >= 0.6 is 0 Å². The number of likely N-dealkylation sites (tertiary alicyclic amines) is 1. The minimum Gasteiger partial charge on any atom is -0.388 e. The summed E-state index contributed by atoms with van der Waals surface area (Å²) >= 11 is 0. The zero-order chi connectivity index (χ0) is 15.4. The Hall–Kier alpha value is -1.35. The van der Waals surface area contributed by atoms with Gasteiger partial charge in [-0.3, -0.25) is 9.59 Å². The molecule has 0 aliphatic carbocycles. The van der Waals surface area contributed by atoms with E-state index in [1.54, 1.807) is 0 Å². The molecule has 20 heavy (non-hydrogen) atoms. The van der Waals surface area contributed by atoms with Crippen molar-refractivity contribution in [3.63, 3.8) is 0 Å². The summed E-state index contributed by atoms with van der Waals surface area (Å²) in [6.07, 6.45) is -4.03. The van der Waals surface area contributed by atoms with Crippen molar-refractivity contribution in [1.29, 1.82) is 0 Å². The number of piperidine rings is 1. The number of nitrogens with two attached hydrogens (primary N) is 1. The highest BCUT2D eigenvalue weighted by atomic mass is 19.4. The van der Waals surface area contributed by atoms with Crippen LogP contribution in [0.1, 0.15) is 19.3 Å². The average molecular weight is 298 g/mol. The van der Waals surface area contributed by atoms with Crippen LogP contribution in [0, 0.1) is 0 Å². The van der Waals surface area contributed by atoms with Gasteiger partial charge in [-0.05, 0) is 12.8 Å². The molecule has 1 aliphatic heterocycles. The lowest BCUT2D eigenvalue weighted by Gasteiger charge is -2.38. The van der Waals surface area contributed by atoms with E-state index in [0.717, 1.165) is 0 Å². The highest BCUT2D eigenvalue weighted by molar-refractivity contribution is 5.78. The van der Waals surface area contributed by atoms with Gasteiger partial charge in [-0.25, -0.2) is 0 Å². The van der Waals surface area contributed by atoms with Gasteiger partial charge in [0.2, 0.25) is 11.8 Å². The molecule has 1 saturated heterocycles. The first-order valence-electron chi connectivity index (χ1n) is 6.04. The number of alkyl halides is 3. The second kappa shape index (κ2) is 6.40. The van der Waals surface area contributed by atoms with Gasteiger partial charge in [0.25, 0.3) is 0 Å². The Kier molecular flexibility index (Phi) is 5.35. The average Bonchev–Trinajstić information content (AvgIpc) is 2.25. The fourth-order valence-corrected chi connectivity index (χ4v) is 2.14. The van der Waals surface area contributed by atoms with Crippen molar-refractivity contribution in [3.8, 4) is 0 Å². The van der Waals surface area contributed by atoms with Crippen LogP contribution in [0.3, 0.4) is 0 Å². The Labute approximate surface area is 113 Å². The standard InChI is InChI=1S/C11H17F3N2O4/c12-11(13,14)7-20-5-9(18)16-3-1-2-10(19,6-16)4-8(15)17/h19H,1-7H2,(H2,15,17). The molecule has 116 valence electrons. The molecule has 0 spiro atoms. The summed E-state index contributed by atoms with van der Waals surface area (Å²) in [4.78, 5) is 23.7. The van der Waals surface area contributed by atoms with Crippen molar-refractivity contribution < 1.29 is 32.6 Å². The SMILES string of the molecule is NC(=O)CC1(O)CCCN(C(=O)COCC(F)(F)F)C1. The Bertz CT molecular complexity index is 375. The van der Waals surface area contributed by atoms with Crippen LogP contribution in [0.5, 0.6) is 0 Å². The largest absolute Gasteiger partial charge is 0.411 e. The second-order valence-corrected chi connectivity index (χ2v) is 4.89. The molecular weight excluding hydrogens is 281 g/mol. The first-order chi connectivity index (χ1) is 9.11. The summed E-state index contributed by atoms with van der Waals surface area (Å²) < 4.78 is 39.9. The number of aliphatic hydroxyl groups is 1. The Morgan fingerprint density at radius 2 is 2.05 bits per heavy atom. The number of nitrogens with zero attached hydrogens (tertiary/aromatic N) is 1. The van der Waals surface area contributed by atoms with Crippen LogP contribution in [0.4, 0.5) is 13.2 Å². The van der Waals surface area contributed by atoms with Gasteiger partial charge in [0, 0.05) is 13.1 Å². The summed E-state index contributed by atoms with van der Waals surface area (Å²) in [5, 5.41) is 10.1. The van der Waals surface area contributed by atoms with Gasteiger partial charge in [-0.1, -0.05) is 0 Å². The summed E-state index contributed by atoms with van der Waals surface area (Å²) in [5.41, 5.74) is 3.59. The van der Waals surface area contributed by atoms with Crippen LogP contribution in [-0.4, -0.2) is 59.9 Å². The van der Waals surface area contributed by atoms with Crippen molar-refractivity contribution >= 4 is 11.8 Å². The van der Waals surface area contributed by atoms with Gasteiger partial charge >= 0.3 is 6.18 Å². The Morgan fingerprint density at radius 3 is 2.60 bits per heavy atom. The Balaban J connectivity index is 2.46. The minimum atomic E-state index is -4.49. The first-order valence-corrected chi connectivity index (χ1v) is 6.04. The topological polar surface area (TPSA) is 92.9 Å². The summed E-state index contributed by atoms with van der Waals surface area (Å²) in [6.45, 7) is -2.05. The quantitative estimate of drug-likeness (QED) is 0.735. The summed E-state index contributed by atoms with van der Waals surface area (Å²) in [6, 6.07) is 0. The number of carbonyl (C=O) groups is 2. The minimum absolute atomic E-state index is 0.135. The van der Waals surface area contributed by atoms with Crippen LogP contribution in [0.15, 0.2) is 0 Å². The molecule has 1 aliphatic rings. The number of ether oxygens (including phenoxy) is 1. The Morgan fingerprint density at radius 1 is 1.40 bits per heavy atom. The lowest BCUT2D eigenvalue weighted by molar-refractivity contribution is -0.179. The number of β-amino-alcohol motifs (C(OH)–C–C–N with tert-alkyl or cyclic N) is 1. The molecule has 1 unspecified atom stereocenters. The fourth-order valence-electron chi connectivity index (χ4n) is 2.14. The molecule has 2 amide bonds. The molecule has 0 radical (unpaired) electrons. The zero-order valence-corrected chi connectivity index (χ0v) is 10.8. The van der Waals surface area contributed by atoms with Gasteiger partial charge in [0.05, 0.1) is 12.0 Å². The van der Waals surface area contributed by atoms with E-state index < -0.39 is 36.8 Å². The molecule has 0 saturated carbocycles. The van der Waals surface area contributed by atoms with Gasteiger partial charge in [0.1, 0.15) is 13.2 Å². The molecule has 0 bridgehead atoms. The van der Waals surface area contributed by atoms with Crippen molar-refractivity contribution in [3.05, 3.63) is 0 Å². The van der Waals surface area contributed by atoms with Crippen molar-refractivity contribution in [2.24, 2.45) is 5.73 Å². The summed E-state index contributed by atoms with van der Waals surface area (Å²) in [5.74, 6) is -1.35. The van der Waals surface area contributed by atoms with Crippen LogP contribution in [0.25, 0.3) is 0 Å². The maximum absolute atomic E-state index is 11.9. The predicted octanol–water partition coefficient (Wildman–Crippen LogP) is -0.206. The lowest BCUT2D eigenvalue weighted by Crippen LogP contribution is -2.52. The van der Waals surface area contributed by atoms with Crippen molar-refractivity contribution in [2.45, 2.75) is 31.0 Å². The maximum atomic E-state index is 11.9. The van der Waals surface area contributed by atoms with Gasteiger partial charge < -0.3 is 20.5 Å². The fraction of sp³-hybridized carbons (Fsp3) is 0.818. The predicted molar refractivity (Wildman–Crippen MR) is 61.4 cm³/mol. The number of carbonyl (C=O) groups excluding carboxylic acids is 2. The van der Waals surface area contributed by atoms with Gasteiger partial charge in [-0.2, -0.15) is 13.2 Å². The molecule has 9 heteroatoms. The van der Waals surface area contributed by atoms with E-state index in [1.165, 1.54) is 4.90 Å². The van der Waals surface area contributed by atoms with E-state index in [-0.39, 0.29) is 13.0 Å². The van der Waals surface area contributed by atoms with E-state index >= 15 is 0 Å². The molecule has 1 heterocycles. The van der Waals surface area contributed by atoms with Crippen LogP contribution < -0.4 is 5.73 Å². The smallest absolute Gasteiger partial charge is 0.388 e. The molecule has 0 aromatic heterocycles. The molecule has 3 N–H and O–H groups in total. The van der Waals surface area contributed by atoms with Crippen molar-refractivity contribution in [1.82, 2.24) is 4.90 Å². The maximum Gasteiger partial charge on any atom is 0.411 e.